The first kappa shape index (κ1) is 25.7. The highest BCUT2D eigenvalue weighted by atomic mass is 16.5. The molecular weight excluding hydrogens is 472 g/mol. The van der Waals surface area contributed by atoms with E-state index in [-0.39, 0.29) is 12.5 Å². The zero-order valence-electron chi connectivity index (χ0n) is 21.3. The van der Waals surface area contributed by atoms with E-state index in [1.807, 2.05) is 32.1 Å². The number of methoxy groups -OCH3 is 1. The van der Waals surface area contributed by atoms with Crippen LogP contribution in [-0.2, 0) is 11.3 Å². The lowest BCUT2D eigenvalue weighted by molar-refractivity contribution is -0.122. The number of imide groups is 1. The number of ether oxygens (including phenoxy) is 1. The van der Waals surface area contributed by atoms with Crippen LogP contribution >= 0.6 is 0 Å². The monoisotopic (exact) mass is 502 g/mol. The number of carbonyl (C=O) groups excluding carboxylic acids is 3. The van der Waals surface area contributed by atoms with E-state index in [1.54, 1.807) is 36.4 Å². The molecule has 1 fully saturated rings. The van der Waals surface area contributed by atoms with Crippen molar-refractivity contribution in [2.45, 2.75) is 12.1 Å². The van der Waals surface area contributed by atoms with Crippen molar-refractivity contribution in [2.24, 2.45) is 0 Å². The van der Waals surface area contributed by atoms with Crippen LogP contribution in [0.5, 0.6) is 5.75 Å². The summed E-state index contributed by atoms with van der Waals surface area (Å²) in [6, 6.07) is 11.7. The molecule has 10 nitrogen and oxygen atoms in total. The highest BCUT2D eigenvalue weighted by Gasteiger charge is 2.48. The average molecular weight is 503 g/mol. The SMILES string of the molecule is COc1ccc2c(c1)C(=O)N(CC1(C#Cc3ccc(C(=N)N(C)CCN(C)C)cc3)NC(=O)NC1=O)C2. The normalized spacial score (nSPS) is 18.2. The molecule has 1 unspecified atom stereocenters. The fraction of sp³-hybridized carbons (Fsp3) is 0.333. The van der Waals surface area contributed by atoms with Gasteiger partial charge in [0.15, 0.2) is 0 Å². The van der Waals surface area contributed by atoms with Gasteiger partial charge in [-0.25, -0.2) is 4.79 Å². The third-order valence-corrected chi connectivity index (χ3v) is 6.41. The van der Waals surface area contributed by atoms with Crippen molar-refractivity contribution in [2.75, 3.05) is 47.9 Å². The number of benzene rings is 2. The predicted molar refractivity (Wildman–Crippen MR) is 138 cm³/mol. The van der Waals surface area contributed by atoms with Crippen LogP contribution in [0.4, 0.5) is 4.79 Å². The van der Waals surface area contributed by atoms with E-state index < -0.39 is 17.5 Å². The van der Waals surface area contributed by atoms with Gasteiger partial charge in [-0.2, -0.15) is 0 Å². The summed E-state index contributed by atoms with van der Waals surface area (Å²) in [7, 11) is 7.38. The van der Waals surface area contributed by atoms with Gasteiger partial charge in [-0.15, -0.1) is 0 Å². The van der Waals surface area contributed by atoms with Gasteiger partial charge >= 0.3 is 6.03 Å². The molecule has 0 aromatic heterocycles. The van der Waals surface area contributed by atoms with Crippen LogP contribution in [0.1, 0.15) is 27.0 Å². The molecule has 0 saturated carbocycles. The molecule has 0 spiro atoms. The largest absolute Gasteiger partial charge is 0.497 e. The number of hydrogen-bond acceptors (Lipinski definition) is 6. The number of carbonyl (C=O) groups is 3. The second-order valence-corrected chi connectivity index (χ2v) is 9.40. The number of amides is 4. The summed E-state index contributed by atoms with van der Waals surface area (Å²) in [5.74, 6) is 5.97. The molecule has 0 radical (unpaired) electrons. The molecule has 2 aromatic rings. The maximum absolute atomic E-state index is 13.0. The smallest absolute Gasteiger partial charge is 0.323 e. The van der Waals surface area contributed by atoms with E-state index in [9.17, 15) is 14.4 Å². The first-order chi connectivity index (χ1) is 17.6. The molecule has 10 heteroatoms. The Balaban J connectivity index is 1.53. The van der Waals surface area contributed by atoms with Crippen LogP contribution in [0.3, 0.4) is 0 Å². The fourth-order valence-corrected chi connectivity index (χ4v) is 4.18. The van der Waals surface area contributed by atoms with E-state index >= 15 is 0 Å². The Morgan fingerprint density at radius 3 is 2.46 bits per heavy atom. The molecular formula is C27H30N6O4. The summed E-state index contributed by atoms with van der Waals surface area (Å²) in [6.07, 6.45) is 0. The molecule has 4 amide bonds. The maximum atomic E-state index is 13.0. The summed E-state index contributed by atoms with van der Waals surface area (Å²) in [5.41, 5.74) is 1.08. The standard InChI is InChI=1S/C27H30N6O4/c1-31(2)13-14-32(3)23(28)19-7-5-18(6-8-19)11-12-27(25(35)29-26(36)30-27)17-33-16-20-9-10-21(37-4)15-22(20)24(33)34/h5-10,15,28H,13-14,16-17H2,1-4H3,(H2,29,30,35,36). The predicted octanol–water partition coefficient (Wildman–Crippen LogP) is 1.10. The molecule has 4 rings (SSSR count). The van der Waals surface area contributed by atoms with E-state index in [2.05, 4.69) is 27.4 Å². The van der Waals surface area contributed by atoms with Crippen LogP contribution in [0.2, 0.25) is 0 Å². The van der Waals surface area contributed by atoms with Gasteiger partial charge in [-0.3, -0.25) is 20.3 Å². The zero-order valence-corrected chi connectivity index (χ0v) is 21.3. The van der Waals surface area contributed by atoms with E-state index in [0.717, 1.165) is 24.2 Å². The second-order valence-electron chi connectivity index (χ2n) is 9.40. The van der Waals surface area contributed by atoms with Gasteiger partial charge in [0.05, 0.1) is 13.7 Å². The van der Waals surface area contributed by atoms with E-state index in [0.29, 0.717) is 29.3 Å². The number of nitrogens with zero attached hydrogens (tertiary/aromatic N) is 3. The maximum Gasteiger partial charge on any atom is 0.323 e. The van der Waals surface area contributed by atoms with Gasteiger partial charge in [0, 0.05) is 43.4 Å². The van der Waals surface area contributed by atoms with Crippen LogP contribution in [0.15, 0.2) is 42.5 Å². The number of hydrogen-bond donors (Lipinski definition) is 3. The number of fused-ring (bicyclic) bond motifs is 1. The third-order valence-electron chi connectivity index (χ3n) is 6.41. The summed E-state index contributed by atoms with van der Waals surface area (Å²) in [5, 5.41) is 13.3. The Morgan fingerprint density at radius 1 is 1.11 bits per heavy atom. The molecule has 192 valence electrons. The van der Waals surface area contributed by atoms with Crippen molar-refractivity contribution < 1.29 is 19.1 Å². The second kappa shape index (κ2) is 10.3. The molecule has 1 saturated heterocycles. The van der Waals surface area contributed by atoms with Crippen molar-refractivity contribution in [3.05, 3.63) is 64.7 Å². The van der Waals surface area contributed by atoms with Crippen molar-refractivity contribution in [3.63, 3.8) is 0 Å². The Bertz CT molecular complexity index is 1310. The summed E-state index contributed by atoms with van der Waals surface area (Å²) in [4.78, 5) is 43.4. The van der Waals surface area contributed by atoms with Gasteiger partial charge in [0.1, 0.15) is 11.6 Å². The Morgan fingerprint density at radius 2 is 1.84 bits per heavy atom. The van der Waals surface area contributed by atoms with E-state index in [1.165, 1.54) is 12.0 Å². The third kappa shape index (κ3) is 5.42. The number of nitrogens with one attached hydrogen (secondary N) is 3. The fourth-order valence-electron chi connectivity index (χ4n) is 4.18. The first-order valence-electron chi connectivity index (χ1n) is 11.8. The van der Waals surface area contributed by atoms with E-state index in [4.69, 9.17) is 10.1 Å². The quantitative estimate of drug-likeness (QED) is 0.226. The van der Waals surface area contributed by atoms with Crippen molar-refractivity contribution in [3.8, 4) is 17.6 Å². The minimum atomic E-state index is -1.59. The number of likely N-dealkylation sites (N-methyl/N-ethyl adjacent to an activating group) is 2. The highest BCUT2D eigenvalue weighted by Crippen LogP contribution is 2.28. The van der Waals surface area contributed by atoms with Gasteiger partial charge in [-0.1, -0.05) is 30.0 Å². The summed E-state index contributed by atoms with van der Waals surface area (Å²) < 4.78 is 5.22. The minimum absolute atomic E-state index is 0.104. The number of urea groups is 1. The Kier molecular flexibility index (Phi) is 7.18. The van der Waals surface area contributed by atoms with Crippen LogP contribution in [0, 0.1) is 17.3 Å². The van der Waals surface area contributed by atoms with Crippen molar-refractivity contribution >= 4 is 23.7 Å². The van der Waals surface area contributed by atoms with Gasteiger partial charge in [-0.05, 0) is 43.9 Å². The molecule has 2 aliphatic heterocycles. The molecule has 0 bridgehead atoms. The molecule has 1 atom stereocenters. The van der Waals surface area contributed by atoms with Crippen molar-refractivity contribution in [1.82, 2.24) is 25.3 Å². The molecule has 3 N–H and O–H groups in total. The lowest BCUT2D eigenvalue weighted by Crippen LogP contribution is -2.54. The number of rotatable bonds is 7. The topological polar surface area (TPSA) is 118 Å². The molecule has 2 aliphatic rings. The minimum Gasteiger partial charge on any atom is -0.497 e. The lowest BCUT2D eigenvalue weighted by atomic mass is 9.99. The van der Waals surface area contributed by atoms with Crippen molar-refractivity contribution in [1.29, 1.82) is 5.41 Å². The zero-order chi connectivity index (χ0) is 26.7. The molecule has 2 heterocycles. The summed E-state index contributed by atoms with van der Waals surface area (Å²) in [6.45, 7) is 1.74. The van der Waals surface area contributed by atoms with Gasteiger partial charge in [0.2, 0.25) is 5.54 Å². The molecule has 0 aliphatic carbocycles. The van der Waals surface area contributed by atoms with Gasteiger partial charge in [0.25, 0.3) is 11.8 Å². The van der Waals surface area contributed by atoms with Crippen LogP contribution < -0.4 is 15.4 Å². The summed E-state index contributed by atoms with van der Waals surface area (Å²) >= 11 is 0. The lowest BCUT2D eigenvalue weighted by Gasteiger charge is -2.26. The van der Waals surface area contributed by atoms with Crippen LogP contribution in [-0.4, -0.2) is 91.8 Å². The van der Waals surface area contributed by atoms with Crippen LogP contribution in [0.25, 0.3) is 0 Å². The van der Waals surface area contributed by atoms with Gasteiger partial charge < -0.3 is 24.8 Å². The molecule has 2 aromatic carbocycles. The highest BCUT2D eigenvalue weighted by molar-refractivity contribution is 6.10. The molecule has 37 heavy (non-hydrogen) atoms. The Labute approximate surface area is 216 Å². The number of amidine groups is 1. The average Bonchev–Trinajstić information content (AvgIpc) is 3.34. The first-order valence-corrected chi connectivity index (χ1v) is 11.8. The Hall–Kier alpha value is -4.36.